The molecule has 0 bridgehead atoms. The minimum atomic E-state index is -0.705. The van der Waals surface area contributed by atoms with Gasteiger partial charge in [-0.2, -0.15) is 0 Å². The molecule has 0 aliphatic carbocycles. The number of carbonyl (C=O) groups excluding carboxylic acids is 2. The summed E-state index contributed by atoms with van der Waals surface area (Å²) in [4.78, 5) is 28.5. The molecule has 5 heteroatoms. The van der Waals surface area contributed by atoms with E-state index in [4.69, 9.17) is 4.74 Å². The lowest BCUT2D eigenvalue weighted by atomic mass is 10.0. The monoisotopic (exact) mass is 444 g/mol. The highest BCUT2D eigenvalue weighted by atomic mass is 16.5. The summed E-state index contributed by atoms with van der Waals surface area (Å²) in [6, 6.07) is 26.4. The predicted octanol–water partition coefficient (Wildman–Crippen LogP) is 4.92. The molecule has 3 aromatic carbocycles. The number of hydrogen-bond acceptors (Lipinski definition) is 3. The first-order chi connectivity index (χ1) is 16.1. The molecule has 0 spiro atoms. The SMILES string of the molecule is CCCNC(=O)[C@H](c1ccccc1)N(Cc1ccc(OC)cc1)C(=O)CCc1ccccc1. The van der Waals surface area contributed by atoms with Crippen molar-refractivity contribution in [3.63, 3.8) is 0 Å². The molecule has 2 amide bonds. The van der Waals surface area contributed by atoms with Crippen molar-refractivity contribution in [3.05, 3.63) is 102 Å². The number of methoxy groups -OCH3 is 1. The summed E-state index contributed by atoms with van der Waals surface area (Å²) in [7, 11) is 1.62. The molecule has 1 N–H and O–H groups in total. The molecule has 33 heavy (non-hydrogen) atoms. The lowest BCUT2D eigenvalue weighted by molar-refractivity contribution is -0.141. The van der Waals surface area contributed by atoms with Crippen molar-refractivity contribution in [2.24, 2.45) is 0 Å². The van der Waals surface area contributed by atoms with E-state index < -0.39 is 6.04 Å². The van der Waals surface area contributed by atoms with E-state index in [9.17, 15) is 9.59 Å². The molecule has 5 nitrogen and oxygen atoms in total. The third-order valence-corrected chi connectivity index (χ3v) is 5.53. The summed E-state index contributed by atoms with van der Waals surface area (Å²) in [5, 5.41) is 2.99. The molecule has 0 saturated carbocycles. The molecule has 0 aliphatic rings. The van der Waals surface area contributed by atoms with Gasteiger partial charge in [-0.3, -0.25) is 9.59 Å². The van der Waals surface area contributed by atoms with Gasteiger partial charge in [0.25, 0.3) is 0 Å². The number of ether oxygens (including phenoxy) is 1. The van der Waals surface area contributed by atoms with Crippen LogP contribution in [-0.2, 0) is 22.6 Å². The molecular formula is C28H32N2O3. The number of aryl methyl sites for hydroxylation is 1. The van der Waals surface area contributed by atoms with Crippen molar-refractivity contribution >= 4 is 11.8 Å². The molecule has 0 aliphatic heterocycles. The van der Waals surface area contributed by atoms with Crippen LogP contribution in [0.4, 0.5) is 0 Å². The highest BCUT2D eigenvalue weighted by Crippen LogP contribution is 2.26. The fourth-order valence-electron chi connectivity index (χ4n) is 3.74. The van der Waals surface area contributed by atoms with Crippen LogP contribution in [0.15, 0.2) is 84.9 Å². The number of hydrogen-bond donors (Lipinski definition) is 1. The van der Waals surface area contributed by atoms with Crippen molar-refractivity contribution < 1.29 is 14.3 Å². The van der Waals surface area contributed by atoms with Gasteiger partial charge in [0.15, 0.2) is 0 Å². The predicted molar refractivity (Wildman–Crippen MR) is 131 cm³/mol. The molecule has 3 rings (SSSR count). The van der Waals surface area contributed by atoms with E-state index in [1.807, 2.05) is 91.9 Å². The van der Waals surface area contributed by atoms with Crippen LogP contribution in [0.2, 0.25) is 0 Å². The maximum atomic E-state index is 13.6. The standard InChI is InChI=1S/C28H32N2O3/c1-3-20-29-28(32)27(24-12-8-5-9-13-24)30(21-23-14-17-25(33-2)18-15-23)26(31)19-16-22-10-6-4-7-11-22/h4-15,17-18,27H,3,16,19-21H2,1-2H3,(H,29,32)/t27-/m0/s1. The van der Waals surface area contributed by atoms with Crippen LogP contribution in [0.5, 0.6) is 5.75 Å². The van der Waals surface area contributed by atoms with Crippen LogP contribution in [0.25, 0.3) is 0 Å². The van der Waals surface area contributed by atoms with Gasteiger partial charge in [0.1, 0.15) is 11.8 Å². The highest BCUT2D eigenvalue weighted by Gasteiger charge is 2.31. The summed E-state index contributed by atoms with van der Waals surface area (Å²) in [5.74, 6) is 0.529. The average molecular weight is 445 g/mol. The van der Waals surface area contributed by atoms with Crippen LogP contribution in [0.3, 0.4) is 0 Å². The largest absolute Gasteiger partial charge is 0.497 e. The van der Waals surface area contributed by atoms with Gasteiger partial charge in [-0.05, 0) is 41.7 Å². The number of carbonyl (C=O) groups is 2. The smallest absolute Gasteiger partial charge is 0.247 e. The summed E-state index contributed by atoms with van der Waals surface area (Å²) in [6.45, 7) is 2.91. The molecule has 0 heterocycles. The van der Waals surface area contributed by atoms with Crippen LogP contribution in [-0.4, -0.2) is 30.4 Å². The van der Waals surface area contributed by atoms with Gasteiger partial charge in [0, 0.05) is 19.5 Å². The van der Waals surface area contributed by atoms with Gasteiger partial charge in [-0.1, -0.05) is 79.7 Å². The molecule has 172 valence electrons. The molecule has 0 aromatic heterocycles. The molecular weight excluding hydrogens is 412 g/mol. The molecule has 1 atom stereocenters. The van der Waals surface area contributed by atoms with Gasteiger partial charge in [0.05, 0.1) is 7.11 Å². The maximum absolute atomic E-state index is 13.6. The lowest BCUT2D eigenvalue weighted by Gasteiger charge is -2.32. The Hall–Kier alpha value is -3.60. The van der Waals surface area contributed by atoms with E-state index in [0.717, 1.165) is 28.9 Å². The molecule has 0 unspecified atom stereocenters. The number of nitrogens with zero attached hydrogens (tertiary/aromatic N) is 1. The number of nitrogens with one attached hydrogen (secondary N) is 1. The minimum Gasteiger partial charge on any atom is -0.497 e. The fraction of sp³-hybridized carbons (Fsp3) is 0.286. The Morgan fingerprint density at radius 1 is 0.879 bits per heavy atom. The van der Waals surface area contributed by atoms with Crippen molar-refractivity contribution in [1.82, 2.24) is 10.2 Å². The van der Waals surface area contributed by atoms with Gasteiger partial charge in [-0.15, -0.1) is 0 Å². The van der Waals surface area contributed by atoms with Gasteiger partial charge in [0.2, 0.25) is 11.8 Å². The Balaban J connectivity index is 1.91. The topological polar surface area (TPSA) is 58.6 Å². The van der Waals surface area contributed by atoms with Crippen LogP contribution < -0.4 is 10.1 Å². The van der Waals surface area contributed by atoms with Crippen LogP contribution in [0, 0.1) is 0 Å². The Morgan fingerprint density at radius 3 is 2.12 bits per heavy atom. The Labute approximate surface area is 196 Å². The molecule has 3 aromatic rings. The van der Waals surface area contributed by atoms with Crippen LogP contribution in [0.1, 0.15) is 42.5 Å². The minimum absolute atomic E-state index is 0.0600. The van der Waals surface area contributed by atoms with Gasteiger partial charge < -0.3 is 15.0 Å². The first kappa shape index (κ1) is 24.1. The zero-order chi connectivity index (χ0) is 23.5. The van der Waals surface area contributed by atoms with Crippen molar-refractivity contribution in [1.29, 1.82) is 0 Å². The summed E-state index contributed by atoms with van der Waals surface area (Å²) >= 11 is 0. The van der Waals surface area contributed by atoms with Gasteiger partial charge >= 0.3 is 0 Å². The maximum Gasteiger partial charge on any atom is 0.247 e. The fourth-order valence-corrected chi connectivity index (χ4v) is 3.74. The third-order valence-electron chi connectivity index (χ3n) is 5.53. The van der Waals surface area contributed by atoms with Crippen molar-refractivity contribution in [2.75, 3.05) is 13.7 Å². The number of amides is 2. The average Bonchev–Trinajstić information content (AvgIpc) is 2.87. The van der Waals surface area contributed by atoms with Gasteiger partial charge in [-0.25, -0.2) is 0 Å². The van der Waals surface area contributed by atoms with Crippen molar-refractivity contribution in [2.45, 2.75) is 38.8 Å². The first-order valence-corrected chi connectivity index (χ1v) is 11.4. The lowest BCUT2D eigenvalue weighted by Crippen LogP contribution is -2.43. The summed E-state index contributed by atoms with van der Waals surface area (Å²) < 4.78 is 5.26. The van der Waals surface area contributed by atoms with E-state index in [2.05, 4.69) is 5.32 Å². The van der Waals surface area contributed by atoms with E-state index in [-0.39, 0.29) is 11.8 Å². The zero-order valence-corrected chi connectivity index (χ0v) is 19.4. The zero-order valence-electron chi connectivity index (χ0n) is 19.4. The van der Waals surface area contributed by atoms with E-state index in [0.29, 0.717) is 25.9 Å². The van der Waals surface area contributed by atoms with E-state index >= 15 is 0 Å². The molecule has 0 fully saturated rings. The number of rotatable bonds is 11. The second-order valence-corrected chi connectivity index (χ2v) is 7.96. The Morgan fingerprint density at radius 2 is 1.52 bits per heavy atom. The second kappa shape index (κ2) is 12.4. The molecule has 0 saturated heterocycles. The number of benzene rings is 3. The van der Waals surface area contributed by atoms with E-state index in [1.165, 1.54) is 0 Å². The summed E-state index contributed by atoms with van der Waals surface area (Å²) in [5.41, 5.74) is 2.84. The van der Waals surface area contributed by atoms with E-state index in [1.54, 1.807) is 12.0 Å². The summed E-state index contributed by atoms with van der Waals surface area (Å²) in [6.07, 6.45) is 1.77. The van der Waals surface area contributed by atoms with Crippen LogP contribution >= 0.6 is 0 Å². The first-order valence-electron chi connectivity index (χ1n) is 11.4. The third kappa shape index (κ3) is 6.94. The quantitative estimate of drug-likeness (QED) is 0.456. The Bertz CT molecular complexity index is 1000. The second-order valence-electron chi connectivity index (χ2n) is 7.96. The molecule has 0 radical (unpaired) electrons. The Kier molecular flexibility index (Phi) is 9.07. The van der Waals surface area contributed by atoms with Crippen molar-refractivity contribution in [3.8, 4) is 5.75 Å². The normalized spacial score (nSPS) is 11.5. The highest BCUT2D eigenvalue weighted by molar-refractivity contribution is 5.88.